The lowest BCUT2D eigenvalue weighted by molar-refractivity contribution is -0.122. The van der Waals surface area contributed by atoms with Gasteiger partial charge in [0, 0.05) is 12.6 Å². The zero-order chi connectivity index (χ0) is 15.6. The summed E-state index contributed by atoms with van der Waals surface area (Å²) in [5.41, 5.74) is 0.278. The molecule has 0 spiro atoms. The molecule has 1 aromatic carbocycles. The lowest BCUT2D eigenvalue weighted by atomic mass is 10.1. The Kier molecular flexibility index (Phi) is 4.94. The number of carbonyl (C=O) groups is 1. The Bertz CT molecular complexity index is 589. The molecule has 0 fully saturated rings. The standard InChI is InChI=1S/C14H22N2O3S/c1-11-8-6-7-9-12(11)20(18,19)16(5)10-13(17)15-14(2,3)4/h6-9H,10H2,1-5H3,(H,15,17). The number of nitrogens with zero attached hydrogens (tertiary/aromatic N) is 1. The molecule has 6 heteroatoms. The molecule has 0 radical (unpaired) electrons. The molecule has 1 rings (SSSR count). The Morgan fingerprint density at radius 3 is 2.30 bits per heavy atom. The summed E-state index contributed by atoms with van der Waals surface area (Å²) < 4.78 is 25.9. The second kappa shape index (κ2) is 5.93. The van der Waals surface area contributed by atoms with Gasteiger partial charge in [-0.15, -0.1) is 0 Å². The third-order valence-electron chi connectivity index (χ3n) is 2.66. The third kappa shape index (κ3) is 4.31. The summed E-state index contributed by atoms with van der Waals surface area (Å²) in [7, 11) is -2.24. The summed E-state index contributed by atoms with van der Waals surface area (Å²) in [6.07, 6.45) is 0. The Balaban J connectivity index is 2.89. The van der Waals surface area contributed by atoms with Crippen LogP contribution in [0.1, 0.15) is 26.3 Å². The highest BCUT2D eigenvalue weighted by atomic mass is 32.2. The highest BCUT2D eigenvalue weighted by molar-refractivity contribution is 7.89. The van der Waals surface area contributed by atoms with Crippen molar-refractivity contribution in [3.63, 3.8) is 0 Å². The number of amides is 1. The SMILES string of the molecule is Cc1ccccc1S(=O)(=O)N(C)CC(=O)NC(C)(C)C. The molecule has 0 aromatic heterocycles. The number of nitrogens with one attached hydrogen (secondary N) is 1. The maximum atomic E-state index is 12.4. The van der Waals surface area contributed by atoms with Crippen molar-refractivity contribution in [3.8, 4) is 0 Å². The van der Waals surface area contributed by atoms with Crippen molar-refractivity contribution in [3.05, 3.63) is 29.8 Å². The number of aryl methyl sites for hydroxylation is 1. The second-order valence-electron chi connectivity index (χ2n) is 5.82. The maximum absolute atomic E-state index is 12.4. The van der Waals surface area contributed by atoms with Gasteiger partial charge in [0.1, 0.15) is 0 Å². The van der Waals surface area contributed by atoms with Crippen LogP contribution in [0.25, 0.3) is 0 Å². The molecular formula is C14H22N2O3S. The van der Waals surface area contributed by atoms with Crippen LogP contribution in [0.5, 0.6) is 0 Å². The summed E-state index contributed by atoms with van der Waals surface area (Å²) in [6, 6.07) is 6.72. The van der Waals surface area contributed by atoms with Crippen LogP contribution in [-0.4, -0.2) is 37.8 Å². The first kappa shape index (κ1) is 16.7. The molecule has 0 saturated carbocycles. The van der Waals surface area contributed by atoms with Crippen molar-refractivity contribution in [2.24, 2.45) is 0 Å². The van der Waals surface area contributed by atoms with Gasteiger partial charge in [0.15, 0.2) is 0 Å². The summed E-state index contributed by atoms with van der Waals surface area (Å²) in [6.45, 7) is 7.08. The molecular weight excluding hydrogens is 276 g/mol. The van der Waals surface area contributed by atoms with Gasteiger partial charge in [-0.25, -0.2) is 8.42 Å². The number of rotatable bonds is 4. The maximum Gasteiger partial charge on any atom is 0.243 e. The minimum Gasteiger partial charge on any atom is -0.350 e. The van der Waals surface area contributed by atoms with E-state index in [0.29, 0.717) is 5.56 Å². The number of benzene rings is 1. The van der Waals surface area contributed by atoms with Gasteiger partial charge in [0.2, 0.25) is 15.9 Å². The summed E-state index contributed by atoms with van der Waals surface area (Å²) in [4.78, 5) is 12.0. The fourth-order valence-electron chi connectivity index (χ4n) is 1.76. The number of carbonyl (C=O) groups excluding carboxylic acids is 1. The summed E-state index contributed by atoms with van der Waals surface area (Å²) in [5, 5.41) is 2.74. The van der Waals surface area contributed by atoms with E-state index in [1.54, 1.807) is 31.2 Å². The van der Waals surface area contributed by atoms with Gasteiger partial charge in [-0.3, -0.25) is 4.79 Å². The predicted octanol–water partition coefficient (Wildman–Crippen LogP) is 1.53. The predicted molar refractivity (Wildman–Crippen MR) is 78.9 cm³/mol. The lowest BCUT2D eigenvalue weighted by Gasteiger charge is -2.23. The van der Waals surface area contributed by atoms with Gasteiger partial charge >= 0.3 is 0 Å². The molecule has 0 aliphatic heterocycles. The van der Waals surface area contributed by atoms with E-state index < -0.39 is 10.0 Å². The fraction of sp³-hybridized carbons (Fsp3) is 0.500. The van der Waals surface area contributed by atoms with Crippen molar-refractivity contribution in [1.29, 1.82) is 0 Å². The second-order valence-corrected chi connectivity index (χ2v) is 7.84. The van der Waals surface area contributed by atoms with Crippen LogP contribution in [-0.2, 0) is 14.8 Å². The molecule has 5 nitrogen and oxygen atoms in total. The van der Waals surface area contributed by atoms with Gasteiger partial charge < -0.3 is 5.32 Å². The first-order valence-corrected chi connectivity index (χ1v) is 7.81. The molecule has 0 unspecified atom stereocenters. The molecule has 20 heavy (non-hydrogen) atoms. The van der Waals surface area contributed by atoms with Crippen molar-refractivity contribution in [2.75, 3.05) is 13.6 Å². The van der Waals surface area contributed by atoms with Crippen molar-refractivity contribution >= 4 is 15.9 Å². The smallest absolute Gasteiger partial charge is 0.243 e. The normalized spacial score (nSPS) is 12.5. The average Bonchev–Trinajstić information content (AvgIpc) is 2.26. The molecule has 0 aliphatic rings. The minimum absolute atomic E-state index is 0.200. The molecule has 1 N–H and O–H groups in total. The molecule has 0 heterocycles. The molecule has 0 saturated heterocycles. The van der Waals surface area contributed by atoms with Crippen molar-refractivity contribution in [2.45, 2.75) is 38.1 Å². The number of hydrogen-bond acceptors (Lipinski definition) is 3. The highest BCUT2D eigenvalue weighted by Crippen LogP contribution is 2.18. The van der Waals surface area contributed by atoms with E-state index in [-0.39, 0.29) is 22.9 Å². The van der Waals surface area contributed by atoms with E-state index in [1.165, 1.54) is 7.05 Å². The molecule has 0 atom stereocenters. The topological polar surface area (TPSA) is 66.5 Å². The molecule has 0 bridgehead atoms. The third-order valence-corrected chi connectivity index (χ3v) is 4.63. The Hall–Kier alpha value is -1.40. The monoisotopic (exact) mass is 298 g/mol. The lowest BCUT2D eigenvalue weighted by Crippen LogP contribution is -2.46. The number of hydrogen-bond donors (Lipinski definition) is 1. The first-order chi connectivity index (χ1) is 9.04. The van der Waals surface area contributed by atoms with Crippen molar-refractivity contribution in [1.82, 2.24) is 9.62 Å². The summed E-state index contributed by atoms with van der Waals surface area (Å²) in [5.74, 6) is -0.322. The van der Waals surface area contributed by atoms with E-state index in [9.17, 15) is 13.2 Å². The van der Waals surface area contributed by atoms with Crippen molar-refractivity contribution < 1.29 is 13.2 Å². The van der Waals surface area contributed by atoms with E-state index >= 15 is 0 Å². The highest BCUT2D eigenvalue weighted by Gasteiger charge is 2.25. The van der Waals surface area contributed by atoms with E-state index in [4.69, 9.17) is 0 Å². The van der Waals surface area contributed by atoms with Gasteiger partial charge in [-0.2, -0.15) is 4.31 Å². The zero-order valence-electron chi connectivity index (χ0n) is 12.6. The van der Waals surface area contributed by atoms with E-state index in [0.717, 1.165) is 4.31 Å². The average molecular weight is 298 g/mol. The Morgan fingerprint density at radius 1 is 1.25 bits per heavy atom. The van der Waals surface area contributed by atoms with E-state index in [1.807, 2.05) is 20.8 Å². The first-order valence-electron chi connectivity index (χ1n) is 6.37. The van der Waals surface area contributed by atoms with Crippen LogP contribution in [0.15, 0.2) is 29.2 Å². The molecule has 1 aromatic rings. The Labute approximate surface area is 121 Å². The van der Waals surface area contributed by atoms with Crippen LogP contribution >= 0.6 is 0 Å². The molecule has 0 aliphatic carbocycles. The quantitative estimate of drug-likeness (QED) is 0.916. The van der Waals surface area contributed by atoms with Gasteiger partial charge in [-0.05, 0) is 39.3 Å². The van der Waals surface area contributed by atoms with Gasteiger partial charge in [0.25, 0.3) is 0 Å². The van der Waals surface area contributed by atoms with Crippen LogP contribution in [0, 0.1) is 6.92 Å². The number of likely N-dealkylation sites (N-methyl/N-ethyl adjacent to an activating group) is 1. The van der Waals surface area contributed by atoms with Gasteiger partial charge in [0.05, 0.1) is 11.4 Å². The summed E-state index contributed by atoms with van der Waals surface area (Å²) >= 11 is 0. The largest absolute Gasteiger partial charge is 0.350 e. The van der Waals surface area contributed by atoms with E-state index in [2.05, 4.69) is 5.32 Å². The Morgan fingerprint density at radius 2 is 1.80 bits per heavy atom. The van der Waals surface area contributed by atoms with Crippen LogP contribution in [0.4, 0.5) is 0 Å². The molecule has 1 amide bonds. The molecule has 112 valence electrons. The van der Waals surface area contributed by atoms with Gasteiger partial charge in [-0.1, -0.05) is 18.2 Å². The zero-order valence-corrected chi connectivity index (χ0v) is 13.4. The van der Waals surface area contributed by atoms with Crippen LogP contribution in [0.2, 0.25) is 0 Å². The minimum atomic E-state index is -3.65. The van der Waals surface area contributed by atoms with Crippen LogP contribution in [0.3, 0.4) is 0 Å². The van der Waals surface area contributed by atoms with Crippen LogP contribution < -0.4 is 5.32 Å². The number of sulfonamides is 1. The fourth-order valence-corrected chi connectivity index (χ4v) is 3.11.